The van der Waals surface area contributed by atoms with Gasteiger partial charge in [0.25, 0.3) is 10.0 Å². The minimum absolute atomic E-state index is 0.224. The van der Waals surface area contributed by atoms with Crippen molar-refractivity contribution in [3.05, 3.63) is 59.9 Å². The normalized spacial score (nSPS) is 11.8. The molecule has 0 saturated carbocycles. The molecule has 120 valence electrons. The number of rotatable bonds is 3. The molecule has 0 aliphatic heterocycles. The van der Waals surface area contributed by atoms with Gasteiger partial charge < -0.3 is 4.57 Å². The molecule has 1 heterocycles. The molecule has 0 aliphatic rings. The van der Waals surface area contributed by atoms with E-state index in [1.165, 1.54) is 23.5 Å². The Bertz CT molecular complexity index is 976. The van der Waals surface area contributed by atoms with Crippen LogP contribution in [-0.2, 0) is 17.1 Å². The zero-order valence-electron chi connectivity index (χ0n) is 13.1. The van der Waals surface area contributed by atoms with Gasteiger partial charge in [0.05, 0.1) is 10.4 Å². The topological polar surface area (TPSA) is 42.3 Å². The Balaban J connectivity index is 2.11. The molecule has 0 saturated heterocycles. The number of hydrogen-bond acceptors (Lipinski definition) is 2. The zero-order valence-corrected chi connectivity index (χ0v) is 13.9. The first kappa shape index (κ1) is 15.6. The summed E-state index contributed by atoms with van der Waals surface area (Å²) in [6.45, 7) is 1.90. The Hall–Kier alpha value is -2.34. The highest BCUT2D eigenvalue weighted by molar-refractivity contribution is 7.92. The van der Waals surface area contributed by atoms with E-state index in [9.17, 15) is 12.8 Å². The summed E-state index contributed by atoms with van der Waals surface area (Å²) in [5.74, 6) is 0.125. The highest BCUT2D eigenvalue weighted by atomic mass is 32.2. The van der Waals surface area contributed by atoms with Gasteiger partial charge >= 0.3 is 0 Å². The third kappa shape index (κ3) is 2.59. The molecule has 0 aliphatic carbocycles. The van der Waals surface area contributed by atoms with E-state index in [2.05, 4.69) is 0 Å². The van der Waals surface area contributed by atoms with Crippen molar-refractivity contribution in [2.75, 3.05) is 11.4 Å². The number of anilines is 1. The SMILES string of the molecule is Cc1ccc(S(=O)(=O)N(C)c2cc3ccc(F)cc3n2C)cc1. The molecule has 0 spiro atoms. The molecule has 1 aromatic heterocycles. The molecule has 6 heteroatoms. The predicted molar refractivity (Wildman–Crippen MR) is 89.6 cm³/mol. The molecule has 0 amide bonds. The van der Waals surface area contributed by atoms with Crippen LogP contribution in [0, 0.1) is 12.7 Å². The van der Waals surface area contributed by atoms with Gasteiger partial charge in [-0.25, -0.2) is 12.8 Å². The molecule has 0 radical (unpaired) electrons. The number of aryl methyl sites for hydroxylation is 2. The molecule has 0 bridgehead atoms. The molecule has 4 nitrogen and oxygen atoms in total. The fraction of sp³-hybridized carbons (Fsp3) is 0.176. The van der Waals surface area contributed by atoms with Crippen LogP contribution in [0.15, 0.2) is 53.4 Å². The lowest BCUT2D eigenvalue weighted by Crippen LogP contribution is -2.28. The first-order valence-corrected chi connectivity index (χ1v) is 8.55. The molecule has 0 atom stereocenters. The van der Waals surface area contributed by atoms with E-state index in [1.54, 1.807) is 48.0 Å². The second kappa shape index (κ2) is 5.38. The van der Waals surface area contributed by atoms with Crippen molar-refractivity contribution in [3.8, 4) is 0 Å². The van der Waals surface area contributed by atoms with Gasteiger partial charge in [0.1, 0.15) is 11.6 Å². The number of benzene rings is 2. The van der Waals surface area contributed by atoms with E-state index >= 15 is 0 Å². The van der Waals surface area contributed by atoms with E-state index < -0.39 is 10.0 Å². The second-order valence-corrected chi connectivity index (χ2v) is 7.52. The largest absolute Gasteiger partial charge is 0.330 e. The fourth-order valence-electron chi connectivity index (χ4n) is 2.58. The minimum atomic E-state index is -3.67. The smallest absolute Gasteiger partial charge is 0.265 e. The summed E-state index contributed by atoms with van der Waals surface area (Å²) in [5.41, 5.74) is 1.64. The van der Waals surface area contributed by atoms with Gasteiger partial charge in [0.15, 0.2) is 0 Å². The van der Waals surface area contributed by atoms with Crippen molar-refractivity contribution >= 4 is 26.7 Å². The molecule has 3 rings (SSSR count). The van der Waals surface area contributed by atoms with Crippen LogP contribution >= 0.6 is 0 Å². The van der Waals surface area contributed by atoms with Crippen molar-refractivity contribution in [1.82, 2.24) is 4.57 Å². The molecule has 0 fully saturated rings. The highest BCUT2D eigenvalue weighted by Crippen LogP contribution is 2.29. The third-order valence-electron chi connectivity index (χ3n) is 3.98. The van der Waals surface area contributed by atoms with Crippen molar-refractivity contribution < 1.29 is 12.8 Å². The Morgan fingerprint density at radius 1 is 1.04 bits per heavy atom. The summed E-state index contributed by atoms with van der Waals surface area (Å²) in [5, 5.41) is 0.787. The van der Waals surface area contributed by atoms with Crippen molar-refractivity contribution in [3.63, 3.8) is 0 Å². The van der Waals surface area contributed by atoms with E-state index in [4.69, 9.17) is 0 Å². The van der Waals surface area contributed by atoms with Gasteiger partial charge in [-0.05, 0) is 43.3 Å². The van der Waals surface area contributed by atoms with Gasteiger partial charge in [0.2, 0.25) is 0 Å². The number of sulfonamides is 1. The van der Waals surface area contributed by atoms with Crippen LogP contribution in [0.5, 0.6) is 0 Å². The molecular weight excluding hydrogens is 315 g/mol. The van der Waals surface area contributed by atoms with E-state index in [0.29, 0.717) is 11.3 Å². The number of nitrogens with zero attached hydrogens (tertiary/aromatic N) is 2. The average molecular weight is 332 g/mol. The molecule has 2 aromatic carbocycles. The number of aromatic nitrogens is 1. The monoisotopic (exact) mass is 332 g/mol. The number of hydrogen-bond donors (Lipinski definition) is 0. The van der Waals surface area contributed by atoms with Gasteiger partial charge in [0, 0.05) is 19.5 Å². The summed E-state index contributed by atoms with van der Waals surface area (Å²) < 4.78 is 41.9. The van der Waals surface area contributed by atoms with Crippen molar-refractivity contribution in [2.24, 2.45) is 7.05 Å². The molecule has 0 unspecified atom stereocenters. The Kier molecular flexibility index (Phi) is 3.64. The lowest BCUT2D eigenvalue weighted by atomic mass is 10.2. The first-order chi connectivity index (χ1) is 10.8. The standard InChI is InChI=1S/C17H17FN2O2S/c1-12-4-8-15(9-5-12)23(21,22)20(3)17-10-13-6-7-14(18)11-16(13)19(17)2/h4-11H,1-3H3. The predicted octanol–water partition coefficient (Wildman–Crippen LogP) is 3.45. The van der Waals surface area contributed by atoms with Gasteiger partial charge in [-0.1, -0.05) is 17.7 Å². The van der Waals surface area contributed by atoms with Crippen LogP contribution < -0.4 is 4.31 Å². The summed E-state index contributed by atoms with van der Waals surface area (Å²) in [6, 6.07) is 12.8. The summed E-state index contributed by atoms with van der Waals surface area (Å²) in [4.78, 5) is 0.224. The quantitative estimate of drug-likeness (QED) is 0.737. The Morgan fingerprint density at radius 2 is 1.70 bits per heavy atom. The molecule has 3 aromatic rings. The van der Waals surface area contributed by atoms with Crippen LogP contribution in [-0.4, -0.2) is 20.0 Å². The summed E-state index contributed by atoms with van der Waals surface area (Å²) in [7, 11) is -0.450. The van der Waals surface area contributed by atoms with Crippen molar-refractivity contribution in [2.45, 2.75) is 11.8 Å². The Labute approximate surface area is 134 Å². The van der Waals surface area contributed by atoms with Crippen LogP contribution in [0.25, 0.3) is 10.9 Å². The maximum Gasteiger partial charge on any atom is 0.265 e. The van der Waals surface area contributed by atoms with E-state index in [-0.39, 0.29) is 10.7 Å². The third-order valence-corrected chi connectivity index (χ3v) is 5.76. The van der Waals surface area contributed by atoms with E-state index in [0.717, 1.165) is 10.9 Å². The van der Waals surface area contributed by atoms with Crippen LogP contribution in [0.4, 0.5) is 10.2 Å². The highest BCUT2D eigenvalue weighted by Gasteiger charge is 2.24. The lowest BCUT2D eigenvalue weighted by molar-refractivity contribution is 0.593. The van der Waals surface area contributed by atoms with Crippen LogP contribution in [0.2, 0.25) is 0 Å². The Morgan fingerprint density at radius 3 is 2.35 bits per heavy atom. The van der Waals surface area contributed by atoms with Gasteiger partial charge in [-0.2, -0.15) is 0 Å². The number of fused-ring (bicyclic) bond motifs is 1. The maximum absolute atomic E-state index is 13.4. The fourth-order valence-corrected chi connectivity index (χ4v) is 3.80. The molecule has 23 heavy (non-hydrogen) atoms. The zero-order chi connectivity index (χ0) is 16.8. The average Bonchev–Trinajstić information content (AvgIpc) is 2.83. The molecular formula is C17H17FN2O2S. The number of halogens is 1. The van der Waals surface area contributed by atoms with Gasteiger partial charge in [-0.15, -0.1) is 0 Å². The lowest BCUT2D eigenvalue weighted by Gasteiger charge is -2.20. The maximum atomic E-state index is 13.4. The first-order valence-electron chi connectivity index (χ1n) is 7.11. The van der Waals surface area contributed by atoms with Crippen LogP contribution in [0.3, 0.4) is 0 Å². The summed E-state index contributed by atoms with van der Waals surface area (Å²) in [6.07, 6.45) is 0. The van der Waals surface area contributed by atoms with Crippen molar-refractivity contribution in [1.29, 1.82) is 0 Å². The van der Waals surface area contributed by atoms with Crippen LogP contribution in [0.1, 0.15) is 5.56 Å². The summed E-state index contributed by atoms with van der Waals surface area (Å²) >= 11 is 0. The molecule has 0 N–H and O–H groups in total. The minimum Gasteiger partial charge on any atom is -0.330 e. The second-order valence-electron chi connectivity index (χ2n) is 5.55. The van der Waals surface area contributed by atoms with Gasteiger partial charge in [-0.3, -0.25) is 4.31 Å². The van der Waals surface area contributed by atoms with E-state index in [1.807, 2.05) is 6.92 Å².